The van der Waals surface area contributed by atoms with E-state index in [1.165, 1.54) is 37.6 Å². The smallest absolute Gasteiger partial charge is 0.280 e. The Hall–Kier alpha value is -4.24. The molecule has 0 saturated heterocycles. The monoisotopic (exact) mass is 524 g/mol. The fourth-order valence-electron chi connectivity index (χ4n) is 3.29. The number of halogens is 2. The van der Waals surface area contributed by atoms with Gasteiger partial charge in [0.15, 0.2) is 16.9 Å². The second-order valence-corrected chi connectivity index (χ2v) is 9.15. The van der Waals surface area contributed by atoms with E-state index in [1.54, 1.807) is 6.20 Å². The molecule has 1 amide bonds. The number of nitrogens with one attached hydrogen (secondary N) is 3. The van der Waals surface area contributed by atoms with Crippen molar-refractivity contribution in [3.8, 4) is 28.7 Å². The molecule has 190 valence electrons. The molecule has 0 aromatic carbocycles. The summed E-state index contributed by atoms with van der Waals surface area (Å²) in [6, 6.07) is 2.64. The zero-order valence-electron chi connectivity index (χ0n) is 19.9. The highest BCUT2D eigenvalue weighted by Gasteiger charge is 2.22. The van der Waals surface area contributed by atoms with Crippen LogP contribution in [-0.4, -0.2) is 39.8 Å². The Morgan fingerprint density at radius 2 is 1.97 bits per heavy atom. The van der Waals surface area contributed by atoms with Crippen molar-refractivity contribution in [1.82, 2.24) is 15.0 Å². The summed E-state index contributed by atoms with van der Waals surface area (Å²) in [6.07, 6.45) is 3.29. The second-order valence-electron chi connectivity index (χ2n) is 8.12. The molecule has 3 N–H and O–H groups in total. The van der Waals surface area contributed by atoms with E-state index in [4.69, 9.17) is 20.3 Å². The molecule has 37 heavy (non-hydrogen) atoms. The lowest BCUT2D eigenvalue weighted by atomic mass is 9.98. The second kappa shape index (κ2) is 11.2. The maximum Gasteiger partial charge on any atom is 0.280 e. The van der Waals surface area contributed by atoms with E-state index in [2.05, 4.69) is 32.1 Å². The van der Waals surface area contributed by atoms with Gasteiger partial charge in [-0.25, -0.2) is 13.8 Å². The average Bonchev–Trinajstić information content (AvgIpc) is 3.59. The number of amides is 1. The van der Waals surface area contributed by atoms with E-state index in [1.807, 2.05) is 0 Å². The summed E-state index contributed by atoms with van der Waals surface area (Å²) in [5.41, 5.74) is 0.350. The molecule has 12 heteroatoms. The Bertz CT molecular complexity index is 1430. The first-order chi connectivity index (χ1) is 17.7. The van der Waals surface area contributed by atoms with Gasteiger partial charge >= 0.3 is 0 Å². The minimum absolute atomic E-state index is 0.0740. The van der Waals surface area contributed by atoms with E-state index < -0.39 is 18.0 Å². The van der Waals surface area contributed by atoms with Crippen LogP contribution < -0.4 is 10.1 Å². The van der Waals surface area contributed by atoms with E-state index in [-0.39, 0.29) is 40.7 Å². The van der Waals surface area contributed by atoms with Gasteiger partial charge in [0.05, 0.1) is 42.1 Å². The summed E-state index contributed by atoms with van der Waals surface area (Å²) < 4.78 is 37.2. The number of pyridine rings is 2. The molecule has 0 atom stereocenters. The number of hydrogen-bond acceptors (Lipinski definition) is 9. The van der Waals surface area contributed by atoms with Gasteiger partial charge in [-0.15, -0.1) is 0 Å². The number of hydrogen-bond donors (Lipinski definition) is 3. The number of methoxy groups -OCH3 is 1. The van der Waals surface area contributed by atoms with Crippen molar-refractivity contribution in [3.63, 3.8) is 0 Å². The van der Waals surface area contributed by atoms with Crippen molar-refractivity contribution < 1.29 is 23.0 Å². The van der Waals surface area contributed by atoms with Crippen molar-refractivity contribution in [2.24, 2.45) is 5.92 Å². The number of carbonyl (C=O) groups is 1. The van der Waals surface area contributed by atoms with Gasteiger partial charge in [0.25, 0.3) is 12.3 Å². The van der Waals surface area contributed by atoms with Gasteiger partial charge in [0.1, 0.15) is 11.4 Å². The molecule has 1 aliphatic carbocycles. The molecule has 9 nitrogen and oxygen atoms in total. The Balaban J connectivity index is 1.70. The number of nitrogens with zero attached hydrogens (tertiary/aromatic N) is 3. The zero-order chi connectivity index (χ0) is 26.5. The van der Waals surface area contributed by atoms with Crippen LogP contribution in [0.4, 0.5) is 13.9 Å². The minimum atomic E-state index is -2.84. The molecule has 4 rings (SSSR count). The van der Waals surface area contributed by atoms with Gasteiger partial charge in [-0.2, -0.15) is 0 Å². The molecule has 0 aliphatic heterocycles. The third kappa shape index (κ3) is 6.71. The molecule has 0 radical (unpaired) electrons. The average molecular weight is 525 g/mol. The highest BCUT2D eigenvalue weighted by atomic mass is 32.1. The SMILES string of the molecule is COc1cnc(C(F)F)cc1-c1cc(CC(=N)OC(C)=N)ncc1C(=O)Nc1ncc(C#CC2CC2)s1. The first-order valence-electron chi connectivity index (χ1n) is 11.1. The molecule has 1 fully saturated rings. The van der Waals surface area contributed by atoms with E-state index in [0.717, 1.165) is 25.1 Å². The Morgan fingerprint density at radius 1 is 1.19 bits per heavy atom. The van der Waals surface area contributed by atoms with E-state index >= 15 is 0 Å². The normalized spacial score (nSPS) is 12.5. The number of ether oxygens (including phenoxy) is 2. The molecule has 0 unspecified atom stereocenters. The van der Waals surface area contributed by atoms with Gasteiger partial charge in [-0.3, -0.25) is 30.9 Å². The van der Waals surface area contributed by atoms with Crippen LogP contribution in [0, 0.1) is 28.6 Å². The predicted molar refractivity (Wildman–Crippen MR) is 135 cm³/mol. The number of rotatable bonds is 7. The summed E-state index contributed by atoms with van der Waals surface area (Å²) in [5, 5.41) is 18.3. The third-order valence-corrected chi connectivity index (χ3v) is 5.98. The van der Waals surface area contributed by atoms with Crippen molar-refractivity contribution in [3.05, 3.63) is 52.6 Å². The standard InChI is InChI=1S/C25H22F2N6O3S/c1-13(28)36-22(29)8-15-7-17(18-9-20(23(26)27)31-12-21(18)35-2)19(11-30-15)24(34)33-25-32-10-16(37-25)6-5-14-3-4-14/h7,9-12,14,23,28-29H,3-4,8H2,1-2H3,(H,32,33,34). The van der Waals surface area contributed by atoms with Crippen LogP contribution in [0.1, 0.15) is 52.8 Å². The number of anilines is 1. The summed E-state index contributed by atoms with van der Waals surface area (Å²) in [4.78, 5) is 26.2. The number of thiazole rings is 1. The molecule has 3 heterocycles. The van der Waals surface area contributed by atoms with Crippen LogP contribution in [0.15, 0.2) is 30.7 Å². The van der Waals surface area contributed by atoms with Crippen LogP contribution in [0.3, 0.4) is 0 Å². The maximum absolute atomic E-state index is 13.5. The van der Waals surface area contributed by atoms with Crippen LogP contribution in [0.2, 0.25) is 0 Å². The topological polar surface area (TPSA) is 134 Å². The Kier molecular flexibility index (Phi) is 7.83. The molecule has 3 aromatic rings. The lowest BCUT2D eigenvalue weighted by Crippen LogP contribution is -2.16. The van der Waals surface area contributed by atoms with Crippen molar-refractivity contribution in [2.75, 3.05) is 12.4 Å². The highest BCUT2D eigenvalue weighted by Crippen LogP contribution is 2.35. The van der Waals surface area contributed by atoms with Crippen LogP contribution >= 0.6 is 11.3 Å². The van der Waals surface area contributed by atoms with Gasteiger partial charge in [0.2, 0.25) is 0 Å². The van der Waals surface area contributed by atoms with E-state index in [0.29, 0.717) is 21.6 Å². The lowest BCUT2D eigenvalue weighted by molar-refractivity contribution is 0.102. The molecule has 0 spiro atoms. The van der Waals surface area contributed by atoms with Gasteiger partial charge in [0, 0.05) is 30.2 Å². The summed E-state index contributed by atoms with van der Waals surface area (Å²) >= 11 is 1.22. The Morgan fingerprint density at radius 3 is 2.65 bits per heavy atom. The van der Waals surface area contributed by atoms with Gasteiger partial charge < -0.3 is 9.47 Å². The quantitative estimate of drug-likeness (QED) is 0.224. The molecule has 0 bridgehead atoms. The van der Waals surface area contributed by atoms with Crippen molar-refractivity contribution >= 4 is 34.2 Å². The first-order valence-corrected chi connectivity index (χ1v) is 12.0. The van der Waals surface area contributed by atoms with Crippen molar-refractivity contribution in [1.29, 1.82) is 10.8 Å². The molecule has 1 aliphatic rings. The molecule has 3 aromatic heterocycles. The fourth-order valence-corrected chi connectivity index (χ4v) is 3.96. The summed E-state index contributed by atoms with van der Waals surface area (Å²) in [7, 11) is 1.36. The minimum Gasteiger partial charge on any atom is -0.494 e. The third-order valence-electron chi connectivity index (χ3n) is 5.15. The van der Waals surface area contributed by atoms with Crippen LogP contribution in [-0.2, 0) is 11.2 Å². The lowest BCUT2D eigenvalue weighted by Gasteiger charge is -2.15. The van der Waals surface area contributed by atoms with Gasteiger partial charge in [-0.05, 0) is 25.0 Å². The predicted octanol–water partition coefficient (Wildman–Crippen LogP) is 5.09. The fraction of sp³-hybridized carbons (Fsp3) is 0.280. The number of aromatic nitrogens is 3. The first kappa shape index (κ1) is 25.8. The molecular weight excluding hydrogens is 502 g/mol. The maximum atomic E-state index is 13.5. The van der Waals surface area contributed by atoms with E-state index in [9.17, 15) is 13.6 Å². The van der Waals surface area contributed by atoms with Crippen LogP contribution in [0.5, 0.6) is 5.75 Å². The summed E-state index contributed by atoms with van der Waals surface area (Å²) in [6.45, 7) is 1.39. The summed E-state index contributed by atoms with van der Waals surface area (Å²) in [5.74, 6) is 5.82. The largest absolute Gasteiger partial charge is 0.494 e. The Labute approximate surface area is 215 Å². The molecular formula is C25H22F2N6O3S. The number of carbonyl (C=O) groups excluding carboxylic acids is 1. The van der Waals surface area contributed by atoms with Crippen LogP contribution in [0.25, 0.3) is 11.1 Å². The zero-order valence-corrected chi connectivity index (χ0v) is 20.7. The van der Waals surface area contributed by atoms with Gasteiger partial charge in [-0.1, -0.05) is 23.2 Å². The van der Waals surface area contributed by atoms with Crippen molar-refractivity contribution in [2.45, 2.75) is 32.6 Å². The molecule has 1 saturated carbocycles. The highest BCUT2D eigenvalue weighted by molar-refractivity contribution is 7.16. The number of alkyl halides is 2.